The molecule has 15 heavy (non-hydrogen) atoms. The third kappa shape index (κ3) is 14.3. The van der Waals surface area contributed by atoms with Gasteiger partial charge in [0, 0.05) is 0 Å². The van der Waals surface area contributed by atoms with Crippen LogP contribution in [0.4, 0.5) is 0 Å². The lowest BCUT2D eigenvalue weighted by Crippen LogP contribution is -1.85. The highest BCUT2D eigenvalue weighted by atomic mass is 32.1. The smallest absolute Gasteiger partial charge is 0.0610 e. The minimum absolute atomic E-state index is 0.806. The lowest BCUT2D eigenvalue weighted by Gasteiger charge is -2.01. The maximum absolute atomic E-state index is 4.72. The first-order valence-corrected chi connectivity index (χ1v) is 7.04. The van der Waals surface area contributed by atoms with E-state index in [0.717, 1.165) is 6.61 Å². The van der Waals surface area contributed by atoms with Gasteiger partial charge in [0.15, 0.2) is 0 Å². The Balaban J connectivity index is 2.81. The Morgan fingerprint density at radius 2 is 1.07 bits per heavy atom. The summed E-state index contributed by atoms with van der Waals surface area (Å²) in [6, 6.07) is 0. The fraction of sp³-hybridized carbons (Fsp3) is 1.00. The van der Waals surface area contributed by atoms with Crippen molar-refractivity contribution in [3.05, 3.63) is 0 Å². The lowest BCUT2D eigenvalue weighted by atomic mass is 10.1. The first kappa shape index (κ1) is 15.3. The largest absolute Gasteiger partial charge is 0.319 e. The first-order chi connectivity index (χ1) is 7.41. The molecular formula is C13H28OS. The molecule has 0 unspecified atom stereocenters. The van der Waals surface area contributed by atoms with Crippen molar-refractivity contribution in [2.75, 3.05) is 6.61 Å². The fourth-order valence-electron chi connectivity index (χ4n) is 1.83. The predicted octanol–water partition coefficient (Wildman–Crippen LogP) is 5.16. The molecule has 0 aromatic carbocycles. The fourth-order valence-corrected chi connectivity index (χ4v) is 1.96. The van der Waals surface area contributed by atoms with E-state index in [-0.39, 0.29) is 0 Å². The van der Waals surface area contributed by atoms with Gasteiger partial charge in [-0.15, -0.1) is 0 Å². The van der Waals surface area contributed by atoms with E-state index < -0.39 is 0 Å². The molecule has 92 valence electrons. The summed E-state index contributed by atoms with van der Waals surface area (Å²) >= 11 is 3.72. The molecule has 0 aliphatic heterocycles. The summed E-state index contributed by atoms with van der Waals surface area (Å²) in [6.45, 7) is 3.08. The highest BCUT2D eigenvalue weighted by Crippen LogP contribution is 2.11. The van der Waals surface area contributed by atoms with Crippen molar-refractivity contribution >= 4 is 12.9 Å². The highest BCUT2D eigenvalue weighted by molar-refractivity contribution is 7.75. The van der Waals surface area contributed by atoms with Crippen molar-refractivity contribution in [3.63, 3.8) is 0 Å². The Bertz CT molecular complexity index is 94.7. The number of rotatable bonds is 12. The Morgan fingerprint density at radius 1 is 0.667 bits per heavy atom. The molecule has 0 radical (unpaired) electrons. The summed E-state index contributed by atoms with van der Waals surface area (Å²) < 4.78 is 4.72. The molecule has 0 N–H and O–H groups in total. The summed E-state index contributed by atoms with van der Waals surface area (Å²) in [4.78, 5) is 0. The van der Waals surface area contributed by atoms with Crippen LogP contribution in [0, 0.1) is 0 Å². The Kier molecular flexibility index (Phi) is 14.6. The average molecular weight is 232 g/mol. The number of hydrogen-bond donors (Lipinski definition) is 1. The van der Waals surface area contributed by atoms with Crippen molar-refractivity contribution in [3.8, 4) is 0 Å². The Labute approximate surface area is 102 Å². The Hall–Kier alpha value is 0.310. The molecule has 0 saturated heterocycles. The van der Waals surface area contributed by atoms with Crippen LogP contribution in [0.2, 0.25) is 0 Å². The molecule has 0 bridgehead atoms. The number of thiol groups is 1. The molecule has 0 spiro atoms. The molecule has 0 aromatic heterocycles. The molecule has 0 aliphatic carbocycles. The number of hydrogen-bond acceptors (Lipinski definition) is 2. The molecule has 0 heterocycles. The van der Waals surface area contributed by atoms with Crippen LogP contribution in [-0.2, 0) is 4.18 Å². The molecule has 1 nitrogen and oxygen atoms in total. The summed E-state index contributed by atoms with van der Waals surface area (Å²) in [5.41, 5.74) is 0. The second-order valence-corrected chi connectivity index (χ2v) is 4.63. The van der Waals surface area contributed by atoms with E-state index in [9.17, 15) is 0 Å². The lowest BCUT2D eigenvalue weighted by molar-refractivity contribution is 0.361. The molecule has 0 rings (SSSR count). The van der Waals surface area contributed by atoms with Crippen molar-refractivity contribution in [2.24, 2.45) is 0 Å². The van der Waals surface area contributed by atoms with Crippen LogP contribution in [0.1, 0.15) is 77.6 Å². The van der Waals surface area contributed by atoms with Crippen LogP contribution in [0.5, 0.6) is 0 Å². The molecule has 0 fully saturated rings. The van der Waals surface area contributed by atoms with Crippen LogP contribution in [0.3, 0.4) is 0 Å². The molecule has 0 amide bonds. The maximum Gasteiger partial charge on any atom is 0.0610 e. The zero-order valence-corrected chi connectivity index (χ0v) is 11.2. The average Bonchev–Trinajstić information content (AvgIpc) is 2.26. The first-order valence-electron chi connectivity index (χ1n) is 6.68. The minimum atomic E-state index is 0.806. The van der Waals surface area contributed by atoms with Gasteiger partial charge in [-0.1, -0.05) is 71.1 Å². The van der Waals surface area contributed by atoms with Crippen molar-refractivity contribution in [2.45, 2.75) is 77.6 Å². The highest BCUT2D eigenvalue weighted by Gasteiger charge is 1.92. The number of unbranched alkanes of at least 4 members (excludes halogenated alkanes) is 10. The zero-order chi connectivity index (χ0) is 11.2. The zero-order valence-electron chi connectivity index (χ0n) is 10.3. The maximum atomic E-state index is 4.72. The standard InChI is InChI=1S/C13H28OS/c1-2-3-4-5-6-7-8-9-10-11-12-13-14-15/h15H,2-13H2,1H3. The van der Waals surface area contributed by atoms with E-state index >= 15 is 0 Å². The molecule has 0 saturated carbocycles. The monoisotopic (exact) mass is 232 g/mol. The molecule has 0 aromatic rings. The van der Waals surface area contributed by atoms with Crippen molar-refractivity contribution < 1.29 is 4.18 Å². The van der Waals surface area contributed by atoms with E-state index in [2.05, 4.69) is 19.8 Å². The summed E-state index contributed by atoms with van der Waals surface area (Å²) in [5, 5.41) is 0. The van der Waals surface area contributed by atoms with Gasteiger partial charge in [0.05, 0.1) is 6.61 Å². The van der Waals surface area contributed by atoms with Gasteiger partial charge < -0.3 is 4.18 Å². The van der Waals surface area contributed by atoms with Crippen LogP contribution in [-0.4, -0.2) is 6.61 Å². The van der Waals surface area contributed by atoms with Gasteiger partial charge in [0.1, 0.15) is 0 Å². The van der Waals surface area contributed by atoms with E-state index in [4.69, 9.17) is 4.18 Å². The van der Waals surface area contributed by atoms with E-state index in [1.54, 1.807) is 0 Å². The van der Waals surface area contributed by atoms with Crippen molar-refractivity contribution in [1.82, 2.24) is 0 Å². The van der Waals surface area contributed by atoms with Gasteiger partial charge in [0.2, 0.25) is 0 Å². The normalized spacial score (nSPS) is 10.8. The third-order valence-corrected chi connectivity index (χ3v) is 3.02. The van der Waals surface area contributed by atoms with E-state index in [0.29, 0.717) is 0 Å². The summed E-state index contributed by atoms with van der Waals surface area (Å²) in [7, 11) is 0. The van der Waals surface area contributed by atoms with Crippen LogP contribution < -0.4 is 0 Å². The molecule has 0 aliphatic rings. The quantitative estimate of drug-likeness (QED) is 0.278. The SMILES string of the molecule is CCCCCCCCCCCCCOS. The molecular weight excluding hydrogens is 204 g/mol. The second kappa shape index (κ2) is 14.3. The van der Waals surface area contributed by atoms with Crippen LogP contribution in [0.15, 0.2) is 0 Å². The second-order valence-electron chi connectivity index (χ2n) is 4.37. The van der Waals surface area contributed by atoms with E-state index in [1.807, 2.05) is 0 Å². The molecule has 2 heteroatoms. The topological polar surface area (TPSA) is 9.23 Å². The van der Waals surface area contributed by atoms with Gasteiger partial charge >= 0.3 is 0 Å². The van der Waals surface area contributed by atoms with Gasteiger partial charge in [-0.2, -0.15) is 0 Å². The third-order valence-electron chi connectivity index (χ3n) is 2.84. The van der Waals surface area contributed by atoms with Gasteiger partial charge in [-0.05, 0) is 19.3 Å². The van der Waals surface area contributed by atoms with Crippen molar-refractivity contribution in [1.29, 1.82) is 0 Å². The molecule has 0 atom stereocenters. The summed E-state index contributed by atoms with van der Waals surface area (Å²) in [6.07, 6.45) is 15.2. The van der Waals surface area contributed by atoms with Gasteiger partial charge in [0.25, 0.3) is 0 Å². The minimum Gasteiger partial charge on any atom is -0.319 e. The predicted molar refractivity (Wildman–Crippen MR) is 71.4 cm³/mol. The Morgan fingerprint density at radius 3 is 1.47 bits per heavy atom. The van der Waals surface area contributed by atoms with Crippen LogP contribution >= 0.6 is 12.9 Å². The van der Waals surface area contributed by atoms with Crippen LogP contribution in [0.25, 0.3) is 0 Å². The summed E-state index contributed by atoms with van der Waals surface area (Å²) in [5.74, 6) is 0. The van der Waals surface area contributed by atoms with E-state index in [1.165, 1.54) is 70.6 Å². The van der Waals surface area contributed by atoms with Gasteiger partial charge in [-0.25, -0.2) is 0 Å². The van der Waals surface area contributed by atoms with Gasteiger partial charge in [-0.3, -0.25) is 0 Å².